The van der Waals surface area contributed by atoms with Crippen LogP contribution in [0.2, 0.25) is 0 Å². The van der Waals surface area contributed by atoms with Crippen molar-refractivity contribution in [2.45, 2.75) is 73.1 Å². The number of hydrogen-bond donors (Lipinski definition) is 2. The molecule has 0 aliphatic carbocycles. The summed E-state index contributed by atoms with van der Waals surface area (Å²) in [7, 11) is 0. The number of aliphatic carboxylic acids is 1. The zero-order valence-corrected chi connectivity index (χ0v) is 15.9. The molecule has 0 bridgehead atoms. The molecule has 1 fully saturated rings. The lowest BCUT2D eigenvalue weighted by molar-refractivity contribution is -0.174. The van der Waals surface area contributed by atoms with Crippen LogP contribution in [0.1, 0.15) is 55.4 Å². The highest BCUT2D eigenvalue weighted by molar-refractivity contribution is 5.91. The number of nitrogens with zero attached hydrogens (tertiary/aromatic N) is 1. The highest BCUT2D eigenvalue weighted by Gasteiger charge is 2.54. The SMILES string of the molecule is CC(C)(C)OC(=O)N[C@H](C(=O)N1CC(C)(C)[C@H]1C(=O)O)C(C)(C)C. The van der Waals surface area contributed by atoms with E-state index in [4.69, 9.17) is 4.74 Å². The van der Waals surface area contributed by atoms with Gasteiger partial charge in [0.2, 0.25) is 5.91 Å². The second kappa shape index (κ2) is 6.26. The van der Waals surface area contributed by atoms with Crippen molar-refractivity contribution in [3.8, 4) is 0 Å². The third-order valence-corrected chi connectivity index (χ3v) is 3.92. The van der Waals surface area contributed by atoms with Crippen LogP contribution in [0.3, 0.4) is 0 Å². The number of carboxylic acids is 1. The Morgan fingerprint density at radius 3 is 2.00 bits per heavy atom. The van der Waals surface area contributed by atoms with E-state index in [2.05, 4.69) is 5.32 Å². The maximum Gasteiger partial charge on any atom is 0.408 e. The van der Waals surface area contributed by atoms with Gasteiger partial charge >= 0.3 is 12.1 Å². The van der Waals surface area contributed by atoms with E-state index >= 15 is 0 Å². The van der Waals surface area contributed by atoms with Crippen molar-refractivity contribution >= 4 is 18.0 Å². The molecule has 0 aromatic rings. The third kappa shape index (κ3) is 4.61. The molecule has 0 spiro atoms. The van der Waals surface area contributed by atoms with E-state index in [1.54, 1.807) is 20.8 Å². The minimum atomic E-state index is -1.04. The normalized spacial score (nSPS) is 21.5. The second-order valence-corrected chi connectivity index (χ2v) is 9.14. The standard InChI is InChI=1S/C17H30N2O5/c1-15(2,3)10(18-14(23)24-16(4,5)6)12(20)19-9-17(7,8)11(19)13(21)22/h10-11H,9H2,1-8H3,(H,18,23)(H,21,22)/t10-,11-/m1/s1. The van der Waals surface area contributed by atoms with Crippen LogP contribution in [0.5, 0.6) is 0 Å². The van der Waals surface area contributed by atoms with Crippen molar-refractivity contribution in [2.24, 2.45) is 10.8 Å². The Labute approximate surface area is 143 Å². The zero-order chi connectivity index (χ0) is 19.1. The second-order valence-electron chi connectivity index (χ2n) is 9.14. The predicted octanol–water partition coefficient (Wildman–Crippen LogP) is 2.25. The van der Waals surface area contributed by atoms with Crippen molar-refractivity contribution in [3.63, 3.8) is 0 Å². The Balaban J connectivity index is 2.96. The molecule has 1 aliphatic rings. The fourth-order valence-corrected chi connectivity index (χ4v) is 2.84. The fourth-order valence-electron chi connectivity index (χ4n) is 2.84. The predicted molar refractivity (Wildman–Crippen MR) is 89.5 cm³/mol. The molecule has 1 aliphatic heterocycles. The molecule has 0 aromatic carbocycles. The maximum absolute atomic E-state index is 12.9. The molecule has 24 heavy (non-hydrogen) atoms. The van der Waals surface area contributed by atoms with Gasteiger partial charge in [-0.2, -0.15) is 0 Å². The van der Waals surface area contributed by atoms with Gasteiger partial charge in [-0.05, 0) is 26.2 Å². The zero-order valence-electron chi connectivity index (χ0n) is 15.9. The van der Waals surface area contributed by atoms with Crippen molar-refractivity contribution in [1.82, 2.24) is 10.2 Å². The van der Waals surface area contributed by atoms with E-state index in [1.807, 2.05) is 34.6 Å². The molecule has 7 nitrogen and oxygen atoms in total. The average Bonchev–Trinajstić information content (AvgIpc) is 2.28. The fraction of sp³-hybridized carbons (Fsp3) is 0.824. The summed E-state index contributed by atoms with van der Waals surface area (Å²) in [5, 5.41) is 12.0. The number of rotatable bonds is 3. The van der Waals surface area contributed by atoms with Crippen molar-refractivity contribution in [3.05, 3.63) is 0 Å². The number of amides is 2. The average molecular weight is 342 g/mol. The first-order valence-electron chi connectivity index (χ1n) is 8.09. The van der Waals surface area contributed by atoms with Gasteiger partial charge in [-0.25, -0.2) is 9.59 Å². The maximum atomic E-state index is 12.9. The van der Waals surface area contributed by atoms with E-state index in [0.29, 0.717) is 6.54 Å². The molecule has 2 amide bonds. The molecule has 2 N–H and O–H groups in total. The first kappa shape index (κ1) is 20.3. The third-order valence-electron chi connectivity index (χ3n) is 3.92. The highest BCUT2D eigenvalue weighted by Crippen LogP contribution is 2.38. The summed E-state index contributed by atoms with van der Waals surface area (Å²) >= 11 is 0. The molecule has 1 heterocycles. The number of alkyl carbamates (subject to hydrolysis) is 1. The molecule has 138 valence electrons. The number of nitrogens with one attached hydrogen (secondary N) is 1. The first-order chi connectivity index (χ1) is 10.6. The van der Waals surface area contributed by atoms with Gasteiger partial charge in [0.1, 0.15) is 17.7 Å². The Kier molecular flexibility index (Phi) is 5.28. The van der Waals surface area contributed by atoms with Gasteiger partial charge in [0.05, 0.1) is 0 Å². The quantitative estimate of drug-likeness (QED) is 0.820. The number of carbonyl (C=O) groups excluding carboxylic acids is 2. The molecule has 0 radical (unpaired) electrons. The Bertz CT molecular complexity index is 528. The van der Waals surface area contributed by atoms with E-state index < -0.39 is 46.5 Å². The Morgan fingerprint density at radius 1 is 1.17 bits per heavy atom. The summed E-state index contributed by atoms with van der Waals surface area (Å²) in [6.45, 7) is 14.6. The largest absolute Gasteiger partial charge is 0.480 e. The lowest BCUT2D eigenvalue weighted by atomic mass is 9.73. The summed E-state index contributed by atoms with van der Waals surface area (Å²) < 4.78 is 5.22. The lowest BCUT2D eigenvalue weighted by Gasteiger charge is -2.53. The van der Waals surface area contributed by atoms with Crippen molar-refractivity contribution < 1.29 is 24.2 Å². The summed E-state index contributed by atoms with van der Waals surface area (Å²) in [5.74, 6) is -1.44. The highest BCUT2D eigenvalue weighted by atomic mass is 16.6. The molecule has 1 saturated heterocycles. The van der Waals surface area contributed by atoms with E-state index in [0.717, 1.165) is 0 Å². The summed E-state index contributed by atoms with van der Waals surface area (Å²) in [5.41, 5.74) is -1.76. The van der Waals surface area contributed by atoms with Gasteiger partial charge in [-0.15, -0.1) is 0 Å². The van der Waals surface area contributed by atoms with Gasteiger partial charge in [0, 0.05) is 12.0 Å². The monoisotopic (exact) mass is 342 g/mol. The van der Waals surface area contributed by atoms with E-state index in [9.17, 15) is 19.5 Å². The molecular weight excluding hydrogens is 312 g/mol. The number of ether oxygens (including phenoxy) is 1. The lowest BCUT2D eigenvalue weighted by Crippen LogP contribution is -2.71. The van der Waals surface area contributed by atoms with Crippen LogP contribution in [-0.4, -0.2) is 52.2 Å². The van der Waals surface area contributed by atoms with E-state index in [1.165, 1.54) is 4.90 Å². The van der Waals surface area contributed by atoms with Crippen LogP contribution in [0.25, 0.3) is 0 Å². The number of carboxylic acid groups (broad SMARTS) is 1. The van der Waals surface area contributed by atoms with Gasteiger partial charge in [-0.3, -0.25) is 4.79 Å². The van der Waals surface area contributed by atoms with Gasteiger partial charge in [-0.1, -0.05) is 34.6 Å². The van der Waals surface area contributed by atoms with Crippen LogP contribution >= 0.6 is 0 Å². The van der Waals surface area contributed by atoms with Crippen LogP contribution in [0.15, 0.2) is 0 Å². The van der Waals surface area contributed by atoms with Crippen molar-refractivity contribution in [1.29, 1.82) is 0 Å². The van der Waals surface area contributed by atoms with Crippen LogP contribution in [-0.2, 0) is 14.3 Å². The van der Waals surface area contributed by atoms with E-state index in [-0.39, 0.29) is 0 Å². The summed E-state index contributed by atoms with van der Waals surface area (Å²) in [4.78, 5) is 37.7. The summed E-state index contributed by atoms with van der Waals surface area (Å²) in [6.07, 6.45) is -0.692. The molecule has 0 unspecified atom stereocenters. The minimum Gasteiger partial charge on any atom is -0.480 e. The number of carbonyl (C=O) groups is 3. The number of hydrogen-bond acceptors (Lipinski definition) is 4. The molecule has 2 atom stereocenters. The Hall–Kier alpha value is -1.79. The summed E-state index contributed by atoms with van der Waals surface area (Å²) in [6, 6.07) is -1.76. The molecule has 7 heteroatoms. The molecule has 1 rings (SSSR count). The first-order valence-corrected chi connectivity index (χ1v) is 8.09. The Morgan fingerprint density at radius 2 is 1.67 bits per heavy atom. The molecular formula is C17H30N2O5. The van der Waals surface area contributed by atoms with Gasteiger partial charge in [0.25, 0.3) is 0 Å². The van der Waals surface area contributed by atoms with Crippen LogP contribution < -0.4 is 5.32 Å². The smallest absolute Gasteiger partial charge is 0.408 e. The van der Waals surface area contributed by atoms with Crippen molar-refractivity contribution in [2.75, 3.05) is 6.54 Å². The molecule has 0 saturated carbocycles. The topological polar surface area (TPSA) is 95.9 Å². The van der Waals surface area contributed by atoms with Gasteiger partial charge in [0.15, 0.2) is 0 Å². The van der Waals surface area contributed by atoms with Crippen LogP contribution in [0.4, 0.5) is 4.79 Å². The van der Waals surface area contributed by atoms with Crippen LogP contribution in [0, 0.1) is 10.8 Å². The number of likely N-dealkylation sites (tertiary alicyclic amines) is 1. The minimum absolute atomic E-state index is 0.339. The molecule has 0 aromatic heterocycles. The van der Waals surface area contributed by atoms with Gasteiger partial charge < -0.3 is 20.1 Å².